The van der Waals surface area contributed by atoms with Crippen molar-refractivity contribution in [3.8, 4) is 23.0 Å². The molecule has 0 aromatic heterocycles. The maximum absolute atomic E-state index is 13.1. The lowest BCUT2D eigenvalue weighted by molar-refractivity contribution is -0.381. The van der Waals surface area contributed by atoms with Crippen molar-refractivity contribution in [2.24, 2.45) is 0 Å². The zero-order chi connectivity index (χ0) is 38.6. The Bertz CT molecular complexity index is 1560. The van der Waals surface area contributed by atoms with E-state index in [4.69, 9.17) is 33.2 Å². The number of benzene rings is 2. The molecule has 0 amide bonds. The van der Waals surface area contributed by atoms with E-state index in [2.05, 4.69) is 0 Å². The van der Waals surface area contributed by atoms with E-state index in [1.54, 1.807) is 0 Å². The highest BCUT2D eigenvalue weighted by Gasteiger charge is 2.54. The molecule has 3 fully saturated rings. The molecule has 2 aromatic rings. The molecule has 3 saturated heterocycles. The molecule has 3 aliphatic rings. The van der Waals surface area contributed by atoms with E-state index < -0.39 is 111 Å². The Labute approximate surface area is 302 Å². The molecule has 19 heteroatoms. The van der Waals surface area contributed by atoms with Crippen molar-refractivity contribution in [2.45, 2.75) is 99.4 Å². The number of phenolic OH excluding ortho intramolecular Hbond substituents is 4. The van der Waals surface area contributed by atoms with E-state index >= 15 is 0 Å². The third kappa shape index (κ3) is 9.53. The number of carbonyl (C=O) groups is 1. The molecule has 19 nitrogen and oxygen atoms in total. The van der Waals surface area contributed by atoms with Gasteiger partial charge in [-0.25, -0.2) is 4.79 Å². The van der Waals surface area contributed by atoms with Gasteiger partial charge < -0.3 is 89.3 Å². The highest BCUT2D eigenvalue weighted by Crippen LogP contribution is 2.34. The van der Waals surface area contributed by atoms with Gasteiger partial charge in [-0.2, -0.15) is 0 Å². The third-order valence-electron chi connectivity index (χ3n) is 8.99. The van der Waals surface area contributed by atoms with Crippen LogP contribution in [0.15, 0.2) is 42.5 Å². The topological polar surface area (TPSA) is 304 Å². The van der Waals surface area contributed by atoms with E-state index in [1.165, 1.54) is 49.4 Å². The lowest BCUT2D eigenvalue weighted by atomic mass is 9.96. The molecule has 0 saturated carbocycles. The summed E-state index contributed by atoms with van der Waals surface area (Å²) in [7, 11) is 0. The standard InChI is InChI=1S/C34H44O19/c1-14-24(42)26(44)31(53-32-27(45)25(43)21(40)13-48-32)34(49-14)52-30-28(46)33(47-9-8-16-3-6-18(37)20(39)11-16)50-22(12-35)29(30)51-23(41)7-4-15-2-5-17(36)19(38)10-15/h2-7,10-11,14,21-22,24-40,42-46H,8-9,12-13H2,1H3/t14-,21-,22+,24-,25-,26+,27+,28+,29+,30+,31+,32-,33+,34-/m0/s1. The summed E-state index contributed by atoms with van der Waals surface area (Å²) < 4.78 is 40.1. The first-order valence-electron chi connectivity index (χ1n) is 16.6. The van der Waals surface area contributed by atoms with Crippen LogP contribution in [-0.4, -0.2) is 168 Å². The van der Waals surface area contributed by atoms with Crippen molar-refractivity contribution in [2.75, 3.05) is 19.8 Å². The maximum Gasteiger partial charge on any atom is 0.331 e. The summed E-state index contributed by atoms with van der Waals surface area (Å²) >= 11 is 0. The number of aliphatic hydroxyl groups is 7. The molecule has 5 rings (SSSR count). The van der Waals surface area contributed by atoms with Crippen LogP contribution in [-0.2, 0) is 44.4 Å². The fourth-order valence-corrected chi connectivity index (χ4v) is 5.94. The second-order valence-electron chi connectivity index (χ2n) is 12.8. The van der Waals surface area contributed by atoms with Crippen molar-refractivity contribution in [1.82, 2.24) is 0 Å². The number of phenols is 4. The van der Waals surface area contributed by atoms with Crippen LogP contribution in [0.4, 0.5) is 0 Å². The van der Waals surface area contributed by atoms with Gasteiger partial charge in [0.2, 0.25) is 0 Å². The van der Waals surface area contributed by atoms with Crippen LogP contribution in [0.3, 0.4) is 0 Å². The van der Waals surface area contributed by atoms with Gasteiger partial charge in [0.1, 0.15) is 54.9 Å². The molecule has 0 aliphatic carbocycles. The third-order valence-corrected chi connectivity index (χ3v) is 8.99. The van der Waals surface area contributed by atoms with E-state index in [0.29, 0.717) is 11.1 Å². The average molecular weight is 757 g/mol. The summed E-state index contributed by atoms with van der Waals surface area (Å²) in [4.78, 5) is 13.1. The van der Waals surface area contributed by atoms with Crippen LogP contribution < -0.4 is 0 Å². The van der Waals surface area contributed by atoms with Crippen LogP contribution in [0.1, 0.15) is 18.1 Å². The molecule has 53 heavy (non-hydrogen) atoms. The van der Waals surface area contributed by atoms with Crippen molar-refractivity contribution in [3.63, 3.8) is 0 Å². The van der Waals surface area contributed by atoms with Gasteiger partial charge >= 0.3 is 5.97 Å². The lowest BCUT2D eigenvalue weighted by Gasteiger charge is -2.48. The minimum absolute atomic E-state index is 0.137. The Morgan fingerprint density at radius 1 is 0.755 bits per heavy atom. The zero-order valence-corrected chi connectivity index (χ0v) is 28.2. The summed E-state index contributed by atoms with van der Waals surface area (Å²) in [5.74, 6) is -2.58. The number of hydrogen-bond donors (Lipinski definition) is 11. The Morgan fingerprint density at radius 3 is 2.11 bits per heavy atom. The van der Waals surface area contributed by atoms with Crippen LogP contribution in [0.5, 0.6) is 23.0 Å². The van der Waals surface area contributed by atoms with Crippen molar-refractivity contribution in [1.29, 1.82) is 0 Å². The van der Waals surface area contributed by atoms with Gasteiger partial charge in [-0.15, -0.1) is 0 Å². The van der Waals surface area contributed by atoms with Gasteiger partial charge in [0, 0.05) is 6.08 Å². The summed E-state index contributed by atoms with van der Waals surface area (Å²) in [6, 6.07) is 7.85. The summed E-state index contributed by atoms with van der Waals surface area (Å²) in [5, 5.41) is 113. The van der Waals surface area contributed by atoms with Gasteiger partial charge in [0.05, 0.1) is 25.9 Å². The average Bonchev–Trinajstić information content (AvgIpc) is 3.13. The molecule has 0 spiro atoms. The predicted octanol–water partition coefficient (Wildman–Crippen LogP) is -2.55. The van der Waals surface area contributed by atoms with Gasteiger partial charge in [-0.05, 0) is 54.8 Å². The highest BCUT2D eigenvalue weighted by atomic mass is 16.8. The fourth-order valence-electron chi connectivity index (χ4n) is 5.94. The quantitative estimate of drug-likeness (QED) is 0.0603. The van der Waals surface area contributed by atoms with Crippen LogP contribution in [0.2, 0.25) is 0 Å². The molecule has 0 unspecified atom stereocenters. The van der Waals surface area contributed by atoms with Crippen LogP contribution >= 0.6 is 0 Å². The summed E-state index contributed by atoms with van der Waals surface area (Å²) in [6.07, 6.45) is -20.3. The highest BCUT2D eigenvalue weighted by molar-refractivity contribution is 5.87. The second kappa shape index (κ2) is 17.6. The molecular formula is C34H44O19. The molecule has 3 aliphatic heterocycles. The van der Waals surface area contributed by atoms with E-state index in [-0.39, 0.29) is 30.3 Å². The number of aliphatic hydroxyl groups excluding tert-OH is 7. The van der Waals surface area contributed by atoms with Gasteiger partial charge in [0.15, 0.2) is 48.0 Å². The lowest BCUT2D eigenvalue weighted by Crippen LogP contribution is -2.66. The fraction of sp³-hybridized carbons (Fsp3) is 0.559. The molecule has 2 aromatic carbocycles. The first kappa shape index (κ1) is 40.5. The molecular weight excluding hydrogens is 712 g/mol. The minimum Gasteiger partial charge on any atom is -0.504 e. The molecule has 0 radical (unpaired) electrons. The van der Waals surface area contributed by atoms with E-state index in [9.17, 15) is 61.0 Å². The largest absolute Gasteiger partial charge is 0.504 e. The van der Waals surface area contributed by atoms with Crippen molar-refractivity contribution < 1.29 is 94.1 Å². The number of ether oxygens (including phenoxy) is 7. The molecule has 14 atom stereocenters. The van der Waals surface area contributed by atoms with Gasteiger partial charge in [-0.3, -0.25) is 0 Å². The zero-order valence-electron chi connectivity index (χ0n) is 28.2. The second-order valence-corrected chi connectivity index (χ2v) is 12.8. The van der Waals surface area contributed by atoms with Crippen LogP contribution in [0.25, 0.3) is 6.08 Å². The maximum atomic E-state index is 13.1. The monoisotopic (exact) mass is 756 g/mol. The molecule has 3 heterocycles. The Hall–Kier alpha value is -3.67. The Morgan fingerprint density at radius 2 is 1.43 bits per heavy atom. The van der Waals surface area contributed by atoms with Gasteiger partial charge in [0.25, 0.3) is 0 Å². The van der Waals surface area contributed by atoms with Crippen molar-refractivity contribution >= 4 is 12.0 Å². The number of esters is 1. The predicted molar refractivity (Wildman–Crippen MR) is 174 cm³/mol. The number of carbonyl (C=O) groups excluding carboxylic acids is 1. The molecule has 0 bridgehead atoms. The smallest absolute Gasteiger partial charge is 0.331 e. The normalized spacial score (nSPS) is 36.4. The van der Waals surface area contributed by atoms with Crippen molar-refractivity contribution in [3.05, 3.63) is 53.6 Å². The van der Waals surface area contributed by atoms with E-state index in [0.717, 1.165) is 6.08 Å². The number of hydrogen-bond acceptors (Lipinski definition) is 19. The SMILES string of the molecule is C[C@@H]1O[C@@H](O[C@@H]2[C@@H](O)[C@H](OCCc3ccc(O)c(O)c3)O[C@H](CO)[C@H]2OC(=O)C=Cc2ccc(O)c(O)c2)[C@H](O[C@@H]2OC[C@H](O)[C@H](O)[C@H]2O)[C@H](O)[C@H]1O. The molecule has 11 N–H and O–H groups in total. The summed E-state index contributed by atoms with van der Waals surface area (Å²) in [5.41, 5.74) is 0.834. The first-order valence-corrected chi connectivity index (χ1v) is 16.6. The van der Waals surface area contributed by atoms with Crippen LogP contribution in [0, 0.1) is 0 Å². The van der Waals surface area contributed by atoms with Gasteiger partial charge in [-0.1, -0.05) is 12.1 Å². The Balaban J connectivity index is 1.39. The number of aromatic hydroxyl groups is 4. The summed E-state index contributed by atoms with van der Waals surface area (Å²) in [6.45, 7) is -0.0224. The minimum atomic E-state index is -1.82. The molecule has 294 valence electrons. The first-order chi connectivity index (χ1) is 25.2. The Kier molecular flexibility index (Phi) is 13.5. The number of rotatable bonds is 12. The van der Waals surface area contributed by atoms with E-state index in [1.807, 2.05) is 0 Å².